The summed E-state index contributed by atoms with van der Waals surface area (Å²) in [6.07, 6.45) is -9.86. The molecule has 1 aromatic heterocycles. The van der Waals surface area contributed by atoms with Crippen LogP contribution >= 0.6 is 0 Å². The first-order valence-electron chi connectivity index (χ1n) is 10.9. The summed E-state index contributed by atoms with van der Waals surface area (Å²) in [4.78, 5) is 26.0. The van der Waals surface area contributed by atoms with Crippen LogP contribution < -0.4 is 10.5 Å². The highest BCUT2D eigenvalue weighted by Gasteiger charge is 2.46. The number of rotatable bonds is 2. The Morgan fingerprint density at radius 2 is 1.63 bits per heavy atom. The van der Waals surface area contributed by atoms with Crippen molar-refractivity contribution in [3.63, 3.8) is 0 Å². The molecule has 0 saturated carbocycles. The molecule has 2 aliphatic heterocycles. The molecular weight excluding hydrogens is 480 g/mol. The molecule has 4 rings (SSSR count). The van der Waals surface area contributed by atoms with Gasteiger partial charge in [0.25, 0.3) is 0 Å². The number of hydrogen-bond donors (Lipinski definition) is 1. The lowest BCUT2D eigenvalue weighted by molar-refractivity contribution is -0.144. The van der Waals surface area contributed by atoms with Gasteiger partial charge in [0.2, 0.25) is 0 Å². The molecule has 0 fully saturated rings. The van der Waals surface area contributed by atoms with E-state index in [2.05, 4.69) is 0 Å². The molecule has 11 heteroatoms. The minimum atomic E-state index is -5.50. The predicted molar refractivity (Wildman–Crippen MR) is 117 cm³/mol. The van der Waals surface area contributed by atoms with E-state index in [9.17, 15) is 35.9 Å². The van der Waals surface area contributed by atoms with Crippen LogP contribution in [0, 0.1) is 0 Å². The van der Waals surface area contributed by atoms with Crippen LogP contribution in [0.5, 0.6) is 0 Å². The van der Waals surface area contributed by atoms with Crippen molar-refractivity contribution in [2.24, 2.45) is 0 Å². The Morgan fingerprint density at radius 1 is 1.06 bits per heavy atom. The topological polar surface area (TPSA) is 70.8 Å². The Morgan fingerprint density at radius 3 is 2.14 bits per heavy atom. The van der Waals surface area contributed by atoms with Gasteiger partial charge in [-0.15, -0.1) is 0 Å². The van der Waals surface area contributed by atoms with E-state index in [0.717, 1.165) is 0 Å². The van der Waals surface area contributed by atoms with Crippen molar-refractivity contribution in [2.45, 2.75) is 63.7 Å². The molecule has 1 N–H and O–H groups in total. The van der Waals surface area contributed by atoms with Gasteiger partial charge in [0.15, 0.2) is 0 Å². The molecule has 35 heavy (non-hydrogen) atoms. The first-order chi connectivity index (χ1) is 15.9. The maximum atomic E-state index is 14.4. The molecule has 0 spiro atoms. The molecular formula is C24H23F6NO4. The van der Waals surface area contributed by atoms with Gasteiger partial charge >= 0.3 is 23.9 Å². The van der Waals surface area contributed by atoms with Crippen LogP contribution in [0.25, 0.3) is 17.0 Å². The Hall–Kier alpha value is -2.98. The van der Waals surface area contributed by atoms with E-state index in [1.165, 1.54) is 6.07 Å². The van der Waals surface area contributed by atoms with E-state index in [4.69, 9.17) is 9.52 Å². The van der Waals surface area contributed by atoms with Crippen molar-refractivity contribution >= 4 is 28.7 Å². The summed E-state index contributed by atoms with van der Waals surface area (Å²) in [7, 11) is 0. The van der Waals surface area contributed by atoms with Crippen LogP contribution in [-0.2, 0) is 21.8 Å². The van der Waals surface area contributed by atoms with Crippen molar-refractivity contribution in [1.29, 1.82) is 0 Å². The normalized spacial score (nSPS) is 19.6. The number of carboxylic acid groups (broad SMARTS) is 1. The largest absolute Gasteiger partial charge is 0.478 e. The van der Waals surface area contributed by atoms with Gasteiger partial charge in [-0.2, -0.15) is 26.3 Å². The second-order valence-corrected chi connectivity index (χ2v) is 10.3. The highest BCUT2D eigenvalue weighted by molar-refractivity contribution is 5.97. The third kappa shape index (κ3) is 3.98. The van der Waals surface area contributed by atoms with Crippen molar-refractivity contribution in [3.8, 4) is 0 Å². The number of fused-ring (bicyclic) bond motifs is 2. The van der Waals surface area contributed by atoms with E-state index < -0.39 is 56.9 Å². The lowest BCUT2D eigenvalue weighted by atomic mass is 9.69. The summed E-state index contributed by atoms with van der Waals surface area (Å²) in [5, 5.41) is 8.41. The van der Waals surface area contributed by atoms with Crippen molar-refractivity contribution < 1.29 is 40.7 Å². The third-order valence-corrected chi connectivity index (χ3v) is 7.05. The molecule has 1 aromatic carbocycles. The van der Waals surface area contributed by atoms with Crippen molar-refractivity contribution in [3.05, 3.63) is 44.3 Å². The first kappa shape index (κ1) is 25.1. The quantitative estimate of drug-likeness (QED) is 0.309. The Balaban J connectivity index is 2.25. The van der Waals surface area contributed by atoms with Crippen molar-refractivity contribution in [2.75, 3.05) is 18.0 Å². The summed E-state index contributed by atoms with van der Waals surface area (Å²) in [6, 6.07) is 1.23. The zero-order valence-electron chi connectivity index (χ0n) is 19.4. The van der Waals surface area contributed by atoms with Crippen molar-refractivity contribution in [1.82, 2.24) is 0 Å². The van der Waals surface area contributed by atoms with Gasteiger partial charge in [-0.25, -0.2) is 9.59 Å². The van der Waals surface area contributed by atoms with Gasteiger partial charge in [0, 0.05) is 29.7 Å². The van der Waals surface area contributed by atoms with Crippen LogP contribution in [0.4, 0.5) is 32.0 Å². The van der Waals surface area contributed by atoms with Gasteiger partial charge in [-0.05, 0) is 41.4 Å². The maximum absolute atomic E-state index is 14.4. The summed E-state index contributed by atoms with van der Waals surface area (Å²) in [5.74, 6) is -2.51. The molecule has 0 radical (unpaired) electrons. The fourth-order valence-corrected chi connectivity index (χ4v) is 5.08. The summed E-state index contributed by atoms with van der Waals surface area (Å²) < 4.78 is 88.3. The Kier molecular flexibility index (Phi) is 5.39. The molecule has 190 valence electrons. The molecule has 3 heterocycles. The van der Waals surface area contributed by atoms with Gasteiger partial charge in [0.05, 0.1) is 11.1 Å². The fourth-order valence-electron chi connectivity index (χ4n) is 5.08. The highest BCUT2D eigenvalue weighted by atomic mass is 19.4. The van der Waals surface area contributed by atoms with E-state index in [-0.39, 0.29) is 11.7 Å². The molecule has 0 atom stereocenters. The highest BCUT2D eigenvalue weighted by Crippen LogP contribution is 2.53. The van der Waals surface area contributed by atoms with Crippen LogP contribution in [0.1, 0.15) is 62.8 Å². The molecule has 0 aliphatic carbocycles. The molecule has 0 bridgehead atoms. The number of halogens is 6. The number of aliphatic carboxylic acids is 1. The third-order valence-electron chi connectivity index (χ3n) is 7.05. The molecule has 2 aliphatic rings. The molecule has 5 nitrogen and oxygen atoms in total. The maximum Gasteiger partial charge on any atom is 0.423 e. The van der Waals surface area contributed by atoms with Crippen LogP contribution in [0.3, 0.4) is 0 Å². The molecule has 0 saturated heterocycles. The number of benzene rings is 1. The van der Waals surface area contributed by atoms with E-state index in [1.54, 1.807) is 0 Å². The fraction of sp³-hybridized carbons (Fsp3) is 0.500. The summed E-state index contributed by atoms with van der Waals surface area (Å²) in [6.45, 7) is 8.67. The lowest BCUT2D eigenvalue weighted by Crippen LogP contribution is -2.45. The van der Waals surface area contributed by atoms with Gasteiger partial charge in [-0.3, -0.25) is 0 Å². The summed E-state index contributed by atoms with van der Waals surface area (Å²) in [5.41, 5.74) is -7.06. The second-order valence-electron chi connectivity index (χ2n) is 10.3. The Labute approximate surface area is 196 Å². The lowest BCUT2D eigenvalue weighted by Gasteiger charge is -2.48. The van der Waals surface area contributed by atoms with Crippen LogP contribution in [0.15, 0.2) is 20.9 Å². The zero-order chi connectivity index (χ0) is 26.3. The van der Waals surface area contributed by atoms with Crippen LogP contribution in [0.2, 0.25) is 0 Å². The SMILES string of the molecule is CC1(C)CCN2CCC(C)(C)c3c2c1cc1c(C(F)(F)F)c(/C=C(\C(=O)O)C(F)(F)F)c(=O)oc31. The number of nitrogens with zero attached hydrogens (tertiary/aromatic N) is 1. The van der Waals surface area contributed by atoms with E-state index in [1.807, 2.05) is 32.6 Å². The number of carbonyl (C=O) groups is 1. The monoisotopic (exact) mass is 503 g/mol. The van der Waals surface area contributed by atoms with Gasteiger partial charge in [0.1, 0.15) is 11.2 Å². The average Bonchev–Trinajstić information content (AvgIpc) is 2.67. The average molecular weight is 503 g/mol. The van der Waals surface area contributed by atoms with Gasteiger partial charge in [-0.1, -0.05) is 27.7 Å². The van der Waals surface area contributed by atoms with Crippen LogP contribution in [-0.4, -0.2) is 30.3 Å². The molecule has 0 unspecified atom stereocenters. The predicted octanol–water partition coefficient (Wildman–Crippen LogP) is 6.01. The number of carboxylic acids is 1. The Bertz CT molecular complexity index is 1330. The second kappa shape index (κ2) is 7.51. The standard InChI is InChI=1S/C24H23F6NO4/c1-21(2)5-7-31-8-6-22(3,4)16-17(31)13(21)9-11-15(24(28,29)30)12(20(34)35-18(11)16)10-14(19(32)33)23(25,26)27/h9-10H,5-8H2,1-4H3,(H,32,33)/b14-10+. The minimum Gasteiger partial charge on any atom is -0.478 e. The minimum absolute atomic E-state index is 0.288. The summed E-state index contributed by atoms with van der Waals surface area (Å²) >= 11 is 0. The first-order valence-corrected chi connectivity index (χ1v) is 10.9. The number of hydrogen-bond acceptors (Lipinski definition) is 4. The van der Waals surface area contributed by atoms with Gasteiger partial charge < -0.3 is 14.4 Å². The zero-order valence-corrected chi connectivity index (χ0v) is 19.4. The van der Waals surface area contributed by atoms with E-state index in [0.29, 0.717) is 42.7 Å². The van der Waals surface area contributed by atoms with E-state index >= 15 is 0 Å². The molecule has 2 aromatic rings. The number of alkyl halides is 6. The molecule has 0 amide bonds. The number of anilines is 1. The smallest absolute Gasteiger partial charge is 0.423 e.